The van der Waals surface area contributed by atoms with Crippen LogP contribution in [0.2, 0.25) is 5.02 Å². The Labute approximate surface area is 212 Å². The molecular weight excluding hydrogens is 491 g/mol. The van der Waals surface area contributed by atoms with Gasteiger partial charge in [-0.1, -0.05) is 37.6 Å². The summed E-state index contributed by atoms with van der Waals surface area (Å²) in [5.41, 5.74) is 0.521. The summed E-state index contributed by atoms with van der Waals surface area (Å²) in [6.45, 7) is 5.67. The maximum absolute atomic E-state index is 13.4. The number of likely N-dealkylation sites (tertiary alicyclic amines) is 1. The third-order valence-corrected chi connectivity index (χ3v) is 6.15. The van der Waals surface area contributed by atoms with Crippen LogP contribution in [0.25, 0.3) is 11.0 Å². The molecule has 3 aromatic rings. The van der Waals surface area contributed by atoms with Crippen molar-refractivity contribution in [2.24, 2.45) is 5.41 Å². The van der Waals surface area contributed by atoms with Crippen molar-refractivity contribution in [2.45, 2.75) is 26.9 Å². The molecule has 0 saturated carbocycles. The number of amides is 2. The first kappa shape index (κ1) is 25.0. The first-order valence-electron chi connectivity index (χ1n) is 11.2. The second-order valence-corrected chi connectivity index (χ2v) is 10.1. The van der Waals surface area contributed by atoms with Crippen LogP contribution >= 0.6 is 23.2 Å². The fourth-order valence-corrected chi connectivity index (χ4v) is 4.27. The molecule has 184 valence electrons. The second-order valence-electron chi connectivity index (χ2n) is 9.29. The molecule has 2 aromatic heterocycles. The maximum atomic E-state index is 13.4. The summed E-state index contributed by atoms with van der Waals surface area (Å²) in [5, 5.41) is 3.86. The van der Waals surface area contributed by atoms with Crippen LogP contribution in [0.3, 0.4) is 0 Å². The Kier molecular flexibility index (Phi) is 7.33. The molecule has 1 saturated heterocycles. The number of pyridine rings is 2. The molecule has 3 heterocycles. The van der Waals surface area contributed by atoms with Gasteiger partial charge in [0.15, 0.2) is 0 Å². The van der Waals surface area contributed by atoms with Crippen LogP contribution in [0.15, 0.2) is 47.4 Å². The Morgan fingerprint density at radius 2 is 1.89 bits per heavy atom. The number of nitrogens with zero attached hydrogens (tertiary/aromatic N) is 3. The van der Waals surface area contributed by atoms with Crippen molar-refractivity contribution >= 4 is 46.0 Å². The molecule has 0 unspecified atom stereocenters. The van der Waals surface area contributed by atoms with E-state index in [4.69, 9.17) is 27.9 Å². The summed E-state index contributed by atoms with van der Waals surface area (Å²) in [6.07, 6.45) is 1.47. The molecule has 1 aliphatic rings. The minimum atomic E-state index is -0.582. The molecule has 10 heteroatoms. The van der Waals surface area contributed by atoms with Crippen LogP contribution in [0.5, 0.6) is 5.75 Å². The summed E-state index contributed by atoms with van der Waals surface area (Å²) >= 11 is 11.6. The number of fused-ring (bicyclic) bond motifs is 1. The fourth-order valence-electron chi connectivity index (χ4n) is 4.07. The van der Waals surface area contributed by atoms with Crippen LogP contribution in [0.4, 0.5) is 0 Å². The van der Waals surface area contributed by atoms with Crippen molar-refractivity contribution in [1.29, 1.82) is 0 Å². The van der Waals surface area contributed by atoms with Gasteiger partial charge in [0.05, 0.1) is 12.1 Å². The van der Waals surface area contributed by atoms with Gasteiger partial charge >= 0.3 is 0 Å². The number of nitrogens with one attached hydrogen (secondary N) is 1. The zero-order valence-electron chi connectivity index (χ0n) is 19.5. The summed E-state index contributed by atoms with van der Waals surface area (Å²) in [4.78, 5) is 45.3. The number of halogens is 2. The zero-order chi connectivity index (χ0) is 25.2. The number of rotatable bonds is 8. The van der Waals surface area contributed by atoms with E-state index in [9.17, 15) is 14.4 Å². The van der Waals surface area contributed by atoms with E-state index in [1.165, 1.54) is 16.8 Å². The molecule has 1 aliphatic heterocycles. The van der Waals surface area contributed by atoms with E-state index in [0.717, 1.165) is 5.56 Å². The van der Waals surface area contributed by atoms with E-state index in [-0.39, 0.29) is 36.6 Å². The highest BCUT2D eigenvalue weighted by Gasteiger charge is 2.37. The molecular formula is C25H26Cl2N4O4. The summed E-state index contributed by atoms with van der Waals surface area (Å²) in [6, 6.07) is 10.2. The first-order valence-corrected chi connectivity index (χ1v) is 12.1. The summed E-state index contributed by atoms with van der Waals surface area (Å²) in [5.74, 6) is 0.00365. The minimum absolute atomic E-state index is 0.0546. The lowest BCUT2D eigenvalue weighted by Gasteiger charge is -2.45. The molecule has 35 heavy (non-hydrogen) atoms. The van der Waals surface area contributed by atoms with Crippen LogP contribution in [0.1, 0.15) is 29.8 Å². The van der Waals surface area contributed by atoms with Crippen LogP contribution in [-0.4, -0.2) is 51.8 Å². The Morgan fingerprint density at radius 3 is 2.54 bits per heavy atom. The maximum Gasteiger partial charge on any atom is 0.265 e. The van der Waals surface area contributed by atoms with Gasteiger partial charge < -0.3 is 15.0 Å². The largest absolute Gasteiger partial charge is 0.491 e. The molecule has 1 aromatic carbocycles. The quantitative estimate of drug-likeness (QED) is 0.462. The molecule has 1 N–H and O–H groups in total. The highest BCUT2D eigenvalue weighted by Crippen LogP contribution is 2.29. The fraction of sp³-hybridized carbons (Fsp3) is 0.360. The van der Waals surface area contributed by atoms with Gasteiger partial charge in [-0.2, -0.15) is 0 Å². The number of ether oxygens (including phenoxy) is 1. The molecule has 0 atom stereocenters. The average molecular weight is 517 g/mol. The third kappa shape index (κ3) is 5.77. The number of hydrogen-bond donors (Lipinski definition) is 1. The molecule has 0 spiro atoms. The van der Waals surface area contributed by atoms with Gasteiger partial charge in [-0.3, -0.25) is 19.0 Å². The topological polar surface area (TPSA) is 93.5 Å². The van der Waals surface area contributed by atoms with Crippen molar-refractivity contribution < 1.29 is 14.3 Å². The molecule has 4 rings (SSSR count). The molecule has 0 radical (unpaired) electrons. The molecule has 8 nitrogen and oxygen atoms in total. The van der Waals surface area contributed by atoms with E-state index in [0.29, 0.717) is 40.8 Å². The van der Waals surface area contributed by atoms with E-state index in [2.05, 4.69) is 24.1 Å². The van der Waals surface area contributed by atoms with Gasteiger partial charge in [0.25, 0.3) is 11.5 Å². The Balaban J connectivity index is 1.66. The van der Waals surface area contributed by atoms with Gasteiger partial charge in [-0.15, -0.1) is 11.6 Å². The van der Waals surface area contributed by atoms with Crippen LogP contribution < -0.4 is 15.6 Å². The minimum Gasteiger partial charge on any atom is -0.491 e. The Bertz CT molecular complexity index is 1310. The predicted molar refractivity (Wildman–Crippen MR) is 135 cm³/mol. The lowest BCUT2D eigenvalue weighted by molar-refractivity contribution is -0.142. The van der Waals surface area contributed by atoms with Crippen LogP contribution in [0, 0.1) is 5.41 Å². The Hall–Kier alpha value is -3.10. The van der Waals surface area contributed by atoms with Crippen molar-refractivity contribution in [2.75, 3.05) is 25.6 Å². The lowest BCUT2D eigenvalue weighted by atomic mass is 9.84. The van der Waals surface area contributed by atoms with Crippen molar-refractivity contribution in [3.05, 3.63) is 69.1 Å². The van der Waals surface area contributed by atoms with E-state index >= 15 is 0 Å². The zero-order valence-corrected chi connectivity index (χ0v) is 21.0. The van der Waals surface area contributed by atoms with Crippen molar-refractivity contribution in [3.63, 3.8) is 0 Å². The second kappa shape index (κ2) is 10.3. The smallest absolute Gasteiger partial charge is 0.265 e. The number of benzene rings is 1. The number of carbonyl (C=O) groups is 2. The Morgan fingerprint density at radius 1 is 1.17 bits per heavy atom. The van der Waals surface area contributed by atoms with Gasteiger partial charge in [0.2, 0.25) is 5.91 Å². The van der Waals surface area contributed by atoms with Crippen molar-refractivity contribution in [3.8, 4) is 5.75 Å². The summed E-state index contributed by atoms with van der Waals surface area (Å²) in [7, 11) is 0. The number of alkyl halides is 1. The molecule has 0 aliphatic carbocycles. The number of hydrogen-bond acceptors (Lipinski definition) is 5. The third-order valence-electron chi connectivity index (χ3n) is 5.74. The average Bonchev–Trinajstić information content (AvgIpc) is 2.81. The predicted octanol–water partition coefficient (Wildman–Crippen LogP) is 3.47. The van der Waals surface area contributed by atoms with Gasteiger partial charge in [-0.25, -0.2) is 4.98 Å². The summed E-state index contributed by atoms with van der Waals surface area (Å²) < 4.78 is 6.80. The standard InChI is InChI=1S/C25H26Cl2N4O4/c1-25(2)14-30(15-25)21(32)13-31-22-17(9-19(12-28-22)35-8-7-26)10-20(24(31)34)23(33)29-11-16-3-5-18(27)6-4-16/h3-6,9-10,12H,7-8,11,13-15H2,1-2H3,(H,29,33). The van der Waals surface area contributed by atoms with Gasteiger partial charge in [0.1, 0.15) is 30.1 Å². The number of aromatic nitrogens is 2. The van der Waals surface area contributed by atoms with E-state index < -0.39 is 11.5 Å². The SMILES string of the molecule is CC1(C)CN(C(=O)Cn2c(=O)c(C(=O)NCc3ccc(Cl)cc3)cc3cc(OCCCl)cnc32)C1. The van der Waals surface area contributed by atoms with Crippen molar-refractivity contribution in [1.82, 2.24) is 19.8 Å². The van der Waals surface area contributed by atoms with Gasteiger partial charge in [0, 0.05) is 30.0 Å². The highest BCUT2D eigenvalue weighted by molar-refractivity contribution is 6.30. The number of carbonyl (C=O) groups excluding carboxylic acids is 2. The lowest BCUT2D eigenvalue weighted by Crippen LogP contribution is -2.56. The molecule has 2 amide bonds. The highest BCUT2D eigenvalue weighted by atomic mass is 35.5. The first-order chi connectivity index (χ1) is 16.7. The normalized spacial score (nSPS) is 14.5. The monoisotopic (exact) mass is 516 g/mol. The molecule has 1 fully saturated rings. The van der Waals surface area contributed by atoms with E-state index in [1.807, 2.05) is 0 Å². The molecule has 0 bridgehead atoms. The van der Waals surface area contributed by atoms with Gasteiger partial charge in [-0.05, 0) is 35.2 Å². The van der Waals surface area contributed by atoms with Crippen LogP contribution in [-0.2, 0) is 17.9 Å². The van der Waals surface area contributed by atoms with E-state index in [1.54, 1.807) is 35.2 Å².